The highest BCUT2D eigenvalue weighted by Gasteiger charge is 2.15. The fourth-order valence-electron chi connectivity index (χ4n) is 2.48. The summed E-state index contributed by atoms with van der Waals surface area (Å²) in [6.45, 7) is 3.82. The van der Waals surface area contributed by atoms with Crippen LogP contribution >= 0.6 is 0 Å². The highest BCUT2D eigenvalue weighted by Crippen LogP contribution is 2.23. The van der Waals surface area contributed by atoms with Crippen LogP contribution < -0.4 is 10.6 Å². The summed E-state index contributed by atoms with van der Waals surface area (Å²) in [7, 11) is 0. The molecule has 1 heterocycles. The van der Waals surface area contributed by atoms with Crippen LogP contribution in [-0.4, -0.2) is 24.1 Å². The van der Waals surface area contributed by atoms with E-state index in [9.17, 15) is 10.1 Å². The number of hydrogen-bond acceptors (Lipinski definition) is 4. The van der Waals surface area contributed by atoms with Gasteiger partial charge in [0.05, 0.1) is 4.92 Å². The second-order valence-corrected chi connectivity index (χ2v) is 4.98. The van der Waals surface area contributed by atoms with Crippen molar-refractivity contribution < 1.29 is 4.92 Å². The van der Waals surface area contributed by atoms with Crippen molar-refractivity contribution >= 4 is 11.4 Å². The molecule has 1 aliphatic rings. The molecule has 2 N–H and O–H groups in total. The Kier molecular flexibility index (Phi) is 4.74. The molecule has 0 saturated carbocycles. The second kappa shape index (κ2) is 6.52. The molecule has 104 valence electrons. The average Bonchev–Trinajstić information content (AvgIpc) is 2.46. The molecule has 5 heteroatoms. The Balaban J connectivity index is 2.00. The molecule has 0 radical (unpaired) electrons. The smallest absolute Gasteiger partial charge is 0.274 e. The van der Waals surface area contributed by atoms with E-state index in [2.05, 4.69) is 10.6 Å². The van der Waals surface area contributed by atoms with Gasteiger partial charge in [-0.25, -0.2) is 0 Å². The highest BCUT2D eigenvalue weighted by molar-refractivity contribution is 5.55. The van der Waals surface area contributed by atoms with E-state index in [4.69, 9.17) is 0 Å². The third-order valence-electron chi connectivity index (χ3n) is 3.63. The zero-order chi connectivity index (χ0) is 13.7. The minimum atomic E-state index is -0.303. The molecule has 1 aromatic carbocycles. The van der Waals surface area contributed by atoms with Gasteiger partial charge in [0.2, 0.25) is 0 Å². The summed E-state index contributed by atoms with van der Waals surface area (Å²) < 4.78 is 0. The summed E-state index contributed by atoms with van der Waals surface area (Å²) >= 11 is 0. The van der Waals surface area contributed by atoms with Crippen LogP contribution in [0.3, 0.4) is 0 Å². The molecular weight excluding hydrogens is 242 g/mol. The molecule has 1 aromatic rings. The third kappa shape index (κ3) is 3.67. The maximum Gasteiger partial charge on any atom is 0.274 e. The normalized spacial score (nSPS) is 19.1. The molecule has 1 aliphatic heterocycles. The Hall–Kier alpha value is -1.62. The fourth-order valence-corrected chi connectivity index (χ4v) is 2.48. The maximum absolute atomic E-state index is 11.0. The maximum atomic E-state index is 11.0. The second-order valence-electron chi connectivity index (χ2n) is 4.98. The molecule has 1 atom stereocenters. The van der Waals surface area contributed by atoms with Crippen molar-refractivity contribution in [2.45, 2.75) is 38.6 Å². The van der Waals surface area contributed by atoms with Crippen molar-refractivity contribution in [2.75, 3.05) is 18.4 Å². The summed E-state index contributed by atoms with van der Waals surface area (Å²) in [6, 6.07) is 5.88. The Bertz CT molecular complexity index is 442. The minimum absolute atomic E-state index is 0.212. The average molecular weight is 263 g/mol. The van der Waals surface area contributed by atoms with Gasteiger partial charge in [-0.05, 0) is 31.9 Å². The van der Waals surface area contributed by atoms with Crippen molar-refractivity contribution in [1.29, 1.82) is 0 Å². The highest BCUT2D eigenvalue weighted by atomic mass is 16.6. The van der Waals surface area contributed by atoms with E-state index in [-0.39, 0.29) is 10.6 Å². The number of nitro benzene ring substituents is 1. The molecule has 1 unspecified atom stereocenters. The van der Waals surface area contributed by atoms with E-state index in [0.29, 0.717) is 12.5 Å². The van der Waals surface area contributed by atoms with Gasteiger partial charge < -0.3 is 10.6 Å². The number of nitrogens with one attached hydrogen (secondary N) is 2. The van der Waals surface area contributed by atoms with Gasteiger partial charge in [-0.15, -0.1) is 0 Å². The van der Waals surface area contributed by atoms with Crippen LogP contribution in [0.5, 0.6) is 0 Å². The van der Waals surface area contributed by atoms with E-state index in [0.717, 1.165) is 24.3 Å². The number of benzene rings is 1. The molecule has 0 aliphatic carbocycles. The van der Waals surface area contributed by atoms with E-state index in [1.54, 1.807) is 6.07 Å². The fraction of sp³-hybridized carbons (Fsp3) is 0.571. The van der Waals surface area contributed by atoms with Gasteiger partial charge in [0.25, 0.3) is 5.69 Å². The van der Waals surface area contributed by atoms with Gasteiger partial charge in [-0.2, -0.15) is 0 Å². The molecule has 2 rings (SSSR count). The van der Waals surface area contributed by atoms with Crippen LogP contribution in [0.15, 0.2) is 18.2 Å². The van der Waals surface area contributed by atoms with E-state index in [1.807, 2.05) is 19.1 Å². The van der Waals surface area contributed by atoms with Crippen LogP contribution in [0.25, 0.3) is 0 Å². The minimum Gasteiger partial charge on any atom is -0.383 e. The van der Waals surface area contributed by atoms with Crippen LogP contribution in [0.4, 0.5) is 11.4 Å². The van der Waals surface area contributed by atoms with Crippen molar-refractivity contribution in [3.05, 3.63) is 33.9 Å². The SMILES string of the molecule is CCc1ccc(NCC2CCCCN2)cc1[N+](=O)[O-]. The molecule has 0 spiro atoms. The lowest BCUT2D eigenvalue weighted by Gasteiger charge is -2.24. The first-order valence-electron chi connectivity index (χ1n) is 6.95. The molecular formula is C14H21N3O2. The van der Waals surface area contributed by atoms with Gasteiger partial charge in [0, 0.05) is 29.9 Å². The first-order valence-corrected chi connectivity index (χ1v) is 6.95. The Labute approximate surface area is 113 Å². The summed E-state index contributed by atoms with van der Waals surface area (Å²) in [5, 5.41) is 17.8. The number of piperidine rings is 1. The van der Waals surface area contributed by atoms with Crippen LogP contribution in [0, 0.1) is 10.1 Å². The predicted molar refractivity (Wildman–Crippen MR) is 76.6 cm³/mol. The molecule has 0 amide bonds. The lowest BCUT2D eigenvalue weighted by molar-refractivity contribution is -0.385. The van der Waals surface area contributed by atoms with Gasteiger partial charge in [0.1, 0.15) is 0 Å². The molecule has 0 aromatic heterocycles. The Morgan fingerprint density at radius 1 is 1.47 bits per heavy atom. The van der Waals surface area contributed by atoms with Crippen molar-refractivity contribution in [3.8, 4) is 0 Å². The molecule has 1 saturated heterocycles. The monoisotopic (exact) mass is 263 g/mol. The number of nitrogens with zero attached hydrogens (tertiary/aromatic N) is 1. The number of nitro groups is 1. The van der Waals surface area contributed by atoms with E-state index in [1.165, 1.54) is 19.3 Å². The van der Waals surface area contributed by atoms with Crippen molar-refractivity contribution in [1.82, 2.24) is 5.32 Å². The van der Waals surface area contributed by atoms with Gasteiger partial charge in [-0.1, -0.05) is 19.4 Å². The first-order chi connectivity index (χ1) is 9.20. The lowest BCUT2D eigenvalue weighted by atomic mass is 10.0. The largest absolute Gasteiger partial charge is 0.383 e. The first kappa shape index (κ1) is 13.8. The molecule has 0 bridgehead atoms. The van der Waals surface area contributed by atoms with E-state index < -0.39 is 0 Å². The van der Waals surface area contributed by atoms with Crippen molar-refractivity contribution in [3.63, 3.8) is 0 Å². The number of hydrogen-bond donors (Lipinski definition) is 2. The number of aryl methyl sites for hydroxylation is 1. The van der Waals surface area contributed by atoms with Gasteiger partial charge >= 0.3 is 0 Å². The summed E-state index contributed by atoms with van der Waals surface area (Å²) in [5.41, 5.74) is 1.83. The summed E-state index contributed by atoms with van der Waals surface area (Å²) in [4.78, 5) is 10.7. The summed E-state index contributed by atoms with van der Waals surface area (Å²) in [6.07, 6.45) is 4.35. The van der Waals surface area contributed by atoms with Crippen LogP contribution in [0.2, 0.25) is 0 Å². The number of rotatable bonds is 5. The Morgan fingerprint density at radius 3 is 2.95 bits per heavy atom. The van der Waals surface area contributed by atoms with Gasteiger partial charge in [-0.3, -0.25) is 10.1 Å². The van der Waals surface area contributed by atoms with Crippen molar-refractivity contribution in [2.24, 2.45) is 0 Å². The predicted octanol–water partition coefficient (Wildman–Crippen LogP) is 2.71. The van der Waals surface area contributed by atoms with Crippen LogP contribution in [-0.2, 0) is 6.42 Å². The molecule has 19 heavy (non-hydrogen) atoms. The van der Waals surface area contributed by atoms with Gasteiger partial charge in [0.15, 0.2) is 0 Å². The zero-order valence-corrected chi connectivity index (χ0v) is 11.3. The third-order valence-corrected chi connectivity index (χ3v) is 3.63. The van der Waals surface area contributed by atoms with Crippen LogP contribution in [0.1, 0.15) is 31.7 Å². The zero-order valence-electron chi connectivity index (χ0n) is 11.3. The molecule has 5 nitrogen and oxygen atoms in total. The summed E-state index contributed by atoms with van der Waals surface area (Å²) in [5.74, 6) is 0. The number of anilines is 1. The topological polar surface area (TPSA) is 67.2 Å². The lowest BCUT2D eigenvalue weighted by Crippen LogP contribution is -2.39. The van der Waals surface area contributed by atoms with E-state index >= 15 is 0 Å². The quantitative estimate of drug-likeness (QED) is 0.633. The Morgan fingerprint density at radius 2 is 2.32 bits per heavy atom. The molecule has 1 fully saturated rings. The standard InChI is InChI=1S/C14H21N3O2/c1-2-11-6-7-12(9-14(11)17(18)19)16-10-13-5-3-4-8-15-13/h6-7,9,13,15-16H,2-5,8,10H2,1H3.